The van der Waals surface area contributed by atoms with Crippen molar-refractivity contribution in [1.29, 1.82) is 0 Å². The Bertz CT molecular complexity index is 1570. The quantitative estimate of drug-likeness (QED) is 0.432. The number of hydrogen-bond donors (Lipinski definition) is 1. The van der Waals surface area contributed by atoms with Gasteiger partial charge in [0.1, 0.15) is 27.5 Å². The second-order valence-corrected chi connectivity index (χ2v) is 12.6. The lowest BCUT2D eigenvalue weighted by atomic mass is 9.77. The summed E-state index contributed by atoms with van der Waals surface area (Å²) in [6.45, 7) is 2.59. The average Bonchev–Trinajstić information content (AvgIpc) is 3.39. The highest BCUT2D eigenvalue weighted by atomic mass is 32.2. The van der Waals surface area contributed by atoms with Crippen molar-refractivity contribution in [2.24, 2.45) is 10.7 Å². The van der Waals surface area contributed by atoms with Gasteiger partial charge in [0.2, 0.25) is 16.0 Å². The van der Waals surface area contributed by atoms with Crippen molar-refractivity contribution >= 4 is 21.8 Å². The third-order valence-corrected chi connectivity index (χ3v) is 10.6. The van der Waals surface area contributed by atoms with Crippen LogP contribution in [-0.4, -0.2) is 71.3 Å². The largest absolute Gasteiger partial charge is 0.495 e. The second kappa shape index (κ2) is 10.3. The van der Waals surface area contributed by atoms with Crippen LogP contribution in [0.3, 0.4) is 0 Å². The smallest absolute Gasteiger partial charge is 0.247 e. The minimum absolute atomic E-state index is 0.0622. The molecule has 4 heterocycles. The number of carbonyl (C=O) groups is 1. The fourth-order valence-corrected chi connectivity index (χ4v) is 7.83. The molecule has 0 aliphatic carbocycles. The number of aromatic nitrogens is 2. The summed E-state index contributed by atoms with van der Waals surface area (Å²) in [6, 6.07) is 13.0. The number of rotatable bonds is 7. The molecule has 0 radical (unpaired) electrons. The Hall–Kier alpha value is -3.90. The van der Waals surface area contributed by atoms with Crippen LogP contribution in [0, 0.1) is 5.82 Å². The van der Waals surface area contributed by atoms with Gasteiger partial charge in [-0.3, -0.25) is 14.7 Å². The molecule has 0 amide bonds. The number of nitrogens with two attached hydrogens (primary N) is 1. The number of hydrogen-bond acceptors (Lipinski definition) is 9. The number of nitrogens with zero attached hydrogens (tertiary/aromatic N) is 5. The summed E-state index contributed by atoms with van der Waals surface area (Å²) >= 11 is 0. The Morgan fingerprint density at radius 3 is 2.65 bits per heavy atom. The monoisotopic (exact) mass is 566 g/mol. The first-order valence-electron chi connectivity index (χ1n) is 12.8. The van der Waals surface area contributed by atoms with Crippen LogP contribution in [0.4, 0.5) is 4.39 Å². The van der Waals surface area contributed by atoms with E-state index < -0.39 is 26.1 Å². The number of ether oxygens (including phenoxy) is 1. The Morgan fingerprint density at radius 1 is 1.18 bits per heavy atom. The SMILES string of the molecule is COc1ccc(C(=O)Cc2ccc(F)c([C@@]3(C)N=C(N)N(C)S(=O)(=O)[C@]34CCN(Cc3ccccn3)C4)c2)nc1. The molecule has 0 saturated carbocycles. The first-order valence-corrected chi connectivity index (χ1v) is 14.2. The third kappa shape index (κ3) is 4.50. The fraction of sp³-hybridized carbons (Fsp3) is 0.357. The average molecular weight is 567 g/mol. The van der Waals surface area contributed by atoms with E-state index in [-0.39, 0.29) is 42.4 Å². The van der Waals surface area contributed by atoms with Crippen LogP contribution in [0.15, 0.2) is 65.9 Å². The van der Waals surface area contributed by atoms with Crippen LogP contribution in [0.5, 0.6) is 5.75 Å². The van der Waals surface area contributed by atoms with E-state index in [2.05, 4.69) is 15.0 Å². The standard InChI is InChI=1S/C28H31FN6O4S/c1-27(22-14-19(7-9-23(22)29)15-25(36)24-10-8-21(39-3)16-32-24)28(40(37,38)34(2)26(30)33-27)11-13-35(18-28)17-20-6-4-5-12-31-20/h4-10,12,14,16H,11,13,15,17-18H2,1-3H3,(H2,30,33)/t27-,28+/m1/s1. The zero-order chi connectivity index (χ0) is 28.7. The van der Waals surface area contributed by atoms with Gasteiger partial charge in [-0.2, -0.15) is 0 Å². The lowest BCUT2D eigenvalue weighted by Crippen LogP contribution is -2.66. The molecule has 2 atom stereocenters. The Balaban J connectivity index is 1.54. The summed E-state index contributed by atoms with van der Waals surface area (Å²) in [6.07, 6.45) is 3.28. The zero-order valence-corrected chi connectivity index (χ0v) is 23.4. The highest BCUT2D eigenvalue weighted by Crippen LogP contribution is 2.51. The normalized spacial score (nSPS) is 24.2. The number of likely N-dealkylation sites (tertiary alicyclic amines) is 1. The zero-order valence-electron chi connectivity index (χ0n) is 22.5. The Labute approximate surface area is 232 Å². The van der Waals surface area contributed by atoms with Crippen molar-refractivity contribution in [2.75, 3.05) is 27.2 Å². The summed E-state index contributed by atoms with van der Waals surface area (Å²) in [7, 11) is -1.20. The molecule has 1 fully saturated rings. The molecule has 1 aromatic carbocycles. The van der Waals surface area contributed by atoms with Crippen molar-refractivity contribution < 1.29 is 22.3 Å². The van der Waals surface area contributed by atoms with Crippen LogP contribution >= 0.6 is 0 Å². The third-order valence-electron chi connectivity index (χ3n) is 8.00. The molecule has 1 saturated heterocycles. The molecule has 1 spiro atoms. The highest BCUT2D eigenvalue weighted by Gasteiger charge is 2.66. The van der Waals surface area contributed by atoms with Crippen molar-refractivity contribution in [2.45, 2.75) is 36.6 Å². The lowest BCUT2D eigenvalue weighted by molar-refractivity contribution is 0.0988. The van der Waals surface area contributed by atoms with E-state index in [9.17, 15) is 13.2 Å². The maximum absolute atomic E-state index is 15.6. The number of pyridine rings is 2. The maximum Gasteiger partial charge on any atom is 0.247 e. The van der Waals surface area contributed by atoms with Gasteiger partial charge >= 0.3 is 0 Å². The molecule has 2 aromatic heterocycles. The summed E-state index contributed by atoms with van der Waals surface area (Å²) in [4.78, 5) is 28.1. The molecule has 0 bridgehead atoms. The molecule has 12 heteroatoms. The van der Waals surface area contributed by atoms with Crippen LogP contribution in [0.25, 0.3) is 0 Å². The van der Waals surface area contributed by atoms with Crippen LogP contribution in [0.1, 0.15) is 40.7 Å². The minimum atomic E-state index is -4.07. The first kappa shape index (κ1) is 27.7. The summed E-state index contributed by atoms with van der Waals surface area (Å²) < 4.78 is 48.4. The van der Waals surface area contributed by atoms with Gasteiger partial charge in [-0.15, -0.1) is 0 Å². The van der Waals surface area contributed by atoms with Crippen LogP contribution < -0.4 is 10.5 Å². The molecule has 210 valence electrons. The topological polar surface area (TPSA) is 131 Å². The van der Waals surface area contributed by atoms with Gasteiger partial charge in [0, 0.05) is 44.9 Å². The Kier molecular flexibility index (Phi) is 7.09. The summed E-state index contributed by atoms with van der Waals surface area (Å²) in [5, 5.41) is 0. The summed E-state index contributed by atoms with van der Waals surface area (Å²) in [5.74, 6) is -0.604. The van der Waals surface area contributed by atoms with Crippen molar-refractivity contribution in [1.82, 2.24) is 19.2 Å². The number of methoxy groups -OCH3 is 1. The molecule has 3 aromatic rings. The molecular formula is C28H31FN6O4S. The Morgan fingerprint density at radius 2 is 1.98 bits per heavy atom. The van der Waals surface area contributed by atoms with Gasteiger partial charge in [-0.25, -0.2) is 27.1 Å². The molecule has 0 unspecified atom stereocenters. The predicted molar refractivity (Wildman–Crippen MR) is 148 cm³/mol. The highest BCUT2D eigenvalue weighted by molar-refractivity contribution is 7.91. The molecule has 2 aliphatic heterocycles. The molecule has 40 heavy (non-hydrogen) atoms. The summed E-state index contributed by atoms with van der Waals surface area (Å²) in [5.41, 5.74) is 6.16. The number of halogens is 1. The van der Waals surface area contributed by atoms with E-state index in [1.165, 1.54) is 38.6 Å². The first-order chi connectivity index (χ1) is 19.0. The number of guanidine groups is 1. The van der Waals surface area contributed by atoms with E-state index in [0.29, 0.717) is 24.4 Å². The molecule has 10 nitrogen and oxygen atoms in total. The molecule has 2 aliphatic rings. The van der Waals surface area contributed by atoms with E-state index >= 15 is 4.39 Å². The number of Topliss-reactive ketones (excluding diaryl/α,β-unsaturated/α-hetero) is 1. The van der Waals surface area contributed by atoms with Crippen molar-refractivity contribution in [3.8, 4) is 5.75 Å². The number of carbonyl (C=O) groups excluding carboxylic acids is 1. The fourth-order valence-electron chi connectivity index (χ4n) is 5.66. The van der Waals surface area contributed by atoms with Crippen LogP contribution in [0.2, 0.25) is 0 Å². The van der Waals surface area contributed by atoms with E-state index in [1.807, 2.05) is 23.1 Å². The van der Waals surface area contributed by atoms with E-state index in [1.54, 1.807) is 25.3 Å². The van der Waals surface area contributed by atoms with E-state index in [0.717, 1.165) is 10.00 Å². The number of ketones is 1. The van der Waals surface area contributed by atoms with Gasteiger partial charge in [-0.1, -0.05) is 12.1 Å². The van der Waals surface area contributed by atoms with Crippen LogP contribution in [-0.2, 0) is 28.5 Å². The van der Waals surface area contributed by atoms with E-state index in [4.69, 9.17) is 10.5 Å². The lowest BCUT2D eigenvalue weighted by Gasteiger charge is -2.48. The van der Waals surface area contributed by atoms with Gasteiger partial charge in [0.25, 0.3) is 0 Å². The molecule has 2 N–H and O–H groups in total. The van der Waals surface area contributed by atoms with Gasteiger partial charge in [0.05, 0.1) is 19.0 Å². The predicted octanol–water partition coefficient (Wildman–Crippen LogP) is 2.50. The molecular weight excluding hydrogens is 535 g/mol. The van der Waals surface area contributed by atoms with Crippen molar-refractivity contribution in [3.63, 3.8) is 0 Å². The number of sulfonamides is 1. The number of aliphatic imine (C=N–C) groups is 1. The van der Waals surface area contributed by atoms with Gasteiger partial charge in [0.15, 0.2) is 5.78 Å². The van der Waals surface area contributed by atoms with Crippen molar-refractivity contribution in [3.05, 3.63) is 89.3 Å². The minimum Gasteiger partial charge on any atom is -0.495 e. The van der Waals surface area contributed by atoms with Gasteiger partial charge in [-0.05, 0) is 55.3 Å². The van der Waals surface area contributed by atoms with Gasteiger partial charge < -0.3 is 10.5 Å². The second-order valence-electron chi connectivity index (χ2n) is 10.3. The maximum atomic E-state index is 15.6. The number of benzene rings is 1. The molecule has 5 rings (SSSR count).